The Labute approximate surface area is 140 Å². The minimum absolute atomic E-state index is 0.0392. The topological polar surface area (TPSA) is 74.3 Å². The third-order valence-electron chi connectivity index (χ3n) is 3.33. The van der Waals surface area contributed by atoms with E-state index >= 15 is 0 Å². The minimum atomic E-state index is -0.441. The minimum Gasteiger partial charge on any atom is -0.468 e. The molecule has 3 heterocycles. The molecular formula is C15H14N2O4S2. The summed E-state index contributed by atoms with van der Waals surface area (Å²) in [4.78, 5) is 28.6. The van der Waals surface area contributed by atoms with Crippen molar-refractivity contribution in [2.75, 3.05) is 7.11 Å². The smallest absolute Gasteiger partial charge is 0.341 e. The molecule has 0 saturated heterocycles. The van der Waals surface area contributed by atoms with Crippen LogP contribution in [0.15, 0.2) is 38.1 Å². The highest BCUT2D eigenvalue weighted by Crippen LogP contribution is 2.26. The Morgan fingerprint density at radius 3 is 3.04 bits per heavy atom. The van der Waals surface area contributed by atoms with Crippen molar-refractivity contribution in [1.29, 1.82) is 0 Å². The number of thiophene rings is 1. The average molecular weight is 350 g/mol. The SMILES string of the molecule is CCn1c(SCc2occc2C(=O)OC)nc2ccsc2c1=O. The quantitative estimate of drug-likeness (QED) is 0.400. The van der Waals surface area contributed by atoms with Crippen LogP contribution in [0.5, 0.6) is 0 Å². The van der Waals surface area contributed by atoms with E-state index in [1.807, 2.05) is 18.4 Å². The van der Waals surface area contributed by atoms with Gasteiger partial charge in [0.25, 0.3) is 5.56 Å². The summed E-state index contributed by atoms with van der Waals surface area (Å²) in [7, 11) is 1.33. The fourth-order valence-electron chi connectivity index (χ4n) is 2.19. The summed E-state index contributed by atoms with van der Waals surface area (Å²) >= 11 is 2.75. The van der Waals surface area contributed by atoms with E-state index in [-0.39, 0.29) is 5.56 Å². The molecule has 0 atom stereocenters. The lowest BCUT2D eigenvalue weighted by molar-refractivity contribution is 0.0598. The molecule has 8 heteroatoms. The summed E-state index contributed by atoms with van der Waals surface area (Å²) < 4.78 is 12.4. The molecule has 0 unspecified atom stereocenters. The van der Waals surface area contributed by atoms with E-state index in [9.17, 15) is 9.59 Å². The van der Waals surface area contributed by atoms with Gasteiger partial charge in [-0.15, -0.1) is 11.3 Å². The van der Waals surface area contributed by atoms with Crippen LogP contribution in [-0.2, 0) is 17.0 Å². The number of methoxy groups -OCH3 is 1. The maximum Gasteiger partial charge on any atom is 0.341 e. The van der Waals surface area contributed by atoms with Crippen LogP contribution in [0.2, 0.25) is 0 Å². The van der Waals surface area contributed by atoms with Crippen molar-refractivity contribution >= 4 is 39.3 Å². The number of esters is 1. The highest BCUT2D eigenvalue weighted by molar-refractivity contribution is 7.98. The first kappa shape index (κ1) is 15.8. The van der Waals surface area contributed by atoms with E-state index < -0.39 is 5.97 Å². The first-order valence-electron chi connectivity index (χ1n) is 6.91. The summed E-state index contributed by atoms with van der Waals surface area (Å²) in [5.41, 5.74) is 1.05. The number of nitrogens with zero attached hydrogens (tertiary/aromatic N) is 2. The Morgan fingerprint density at radius 1 is 1.48 bits per heavy atom. The molecule has 0 aromatic carbocycles. The average Bonchev–Trinajstić information content (AvgIpc) is 3.21. The van der Waals surface area contributed by atoms with Gasteiger partial charge in [0.2, 0.25) is 0 Å². The second kappa shape index (κ2) is 6.59. The van der Waals surface area contributed by atoms with Gasteiger partial charge in [0.05, 0.1) is 24.6 Å². The molecule has 3 rings (SSSR count). The molecule has 0 radical (unpaired) electrons. The van der Waals surface area contributed by atoms with E-state index in [0.29, 0.717) is 39.0 Å². The third-order valence-corrected chi connectivity index (χ3v) is 5.20. The Balaban J connectivity index is 1.92. The van der Waals surface area contributed by atoms with E-state index in [2.05, 4.69) is 4.98 Å². The Kier molecular flexibility index (Phi) is 4.53. The number of rotatable bonds is 5. The highest BCUT2D eigenvalue weighted by Gasteiger charge is 2.17. The molecule has 0 bridgehead atoms. The summed E-state index contributed by atoms with van der Waals surface area (Å²) in [5, 5.41) is 2.46. The van der Waals surface area contributed by atoms with Crippen molar-refractivity contribution in [1.82, 2.24) is 9.55 Å². The maximum absolute atomic E-state index is 12.4. The molecular weight excluding hydrogens is 336 g/mol. The predicted octanol–water partition coefficient (Wildman–Crippen LogP) is 3.15. The van der Waals surface area contributed by atoms with Gasteiger partial charge in [0, 0.05) is 6.54 Å². The lowest BCUT2D eigenvalue weighted by Gasteiger charge is -2.09. The zero-order valence-electron chi connectivity index (χ0n) is 12.6. The molecule has 0 N–H and O–H groups in total. The number of thioether (sulfide) groups is 1. The number of carbonyl (C=O) groups is 1. The third kappa shape index (κ3) is 2.91. The molecule has 3 aromatic heterocycles. The van der Waals surface area contributed by atoms with Gasteiger partial charge in [-0.1, -0.05) is 11.8 Å². The summed E-state index contributed by atoms with van der Waals surface area (Å²) in [6.45, 7) is 2.43. The van der Waals surface area contributed by atoms with Gasteiger partial charge in [-0.2, -0.15) is 0 Å². The molecule has 120 valence electrons. The molecule has 0 saturated carbocycles. The predicted molar refractivity (Wildman–Crippen MR) is 89.2 cm³/mol. The second-order valence-corrected chi connectivity index (χ2v) is 6.48. The van der Waals surface area contributed by atoms with Gasteiger partial charge in [-0.3, -0.25) is 9.36 Å². The summed E-state index contributed by atoms with van der Waals surface area (Å²) in [6, 6.07) is 3.41. The number of hydrogen-bond acceptors (Lipinski definition) is 7. The monoisotopic (exact) mass is 350 g/mol. The lowest BCUT2D eigenvalue weighted by Crippen LogP contribution is -2.21. The Hall–Kier alpha value is -2.06. The highest BCUT2D eigenvalue weighted by atomic mass is 32.2. The molecule has 0 spiro atoms. The van der Waals surface area contributed by atoms with Crippen molar-refractivity contribution in [3.63, 3.8) is 0 Å². The first-order chi connectivity index (χ1) is 11.2. The van der Waals surface area contributed by atoms with Crippen molar-refractivity contribution in [3.8, 4) is 0 Å². The van der Waals surface area contributed by atoms with E-state index in [0.717, 1.165) is 0 Å². The fraction of sp³-hybridized carbons (Fsp3) is 0.267. The summed E-state index contributed by atoms with van der Waals surface area (Å²) in [5.74, 6) is 0.451. The normalized spacial score (nSPS) is 11.0. The molecule has 23 heavy (non-hydrogen) atoms. The standard InChI is InChI=1S/C15H14N2O4S2/c1-3-17-13(18)12-10(5-7-22-12)16-15(17)23-8-11-9(4-6-21-11)14(19)20-2/h4-7H,3,8H2,1-2H3. The number of carbonyl (C=O) groups excluding carboxylic acids is 1. The molecule has 0 aliphatic rings. The van der Waals surface area contributed by atoms with Crippen LogP contribution in [0.4, 0.5) is 0 Å². The van der Waals surface area contributed by atoms with Crippen LogP contribution in [0.25, 0.3) is 10.2 Å². The lowest BCUT2D eigenvalue weighted by atomic mass is 10.3. The molecule has 0 aliphatic carbocycles. The maximum atomic E-state index is 12.4. The van der Waals surface area contributed by atoms with E-state index in [1.165, 1.54) is 36.5 Å². The van der Waals surface area contributed by atoms with Crippen LogP contribution < -0.4 is 5.56 Å². The van der Waals surface area contributed by atoms with Crippen molar-refractivity contribution in [3.05, 3.63) is 45.5 Å². The van der Waals surface area contributed by atoms with E-state index in [4.69, 9.17) is 9.15 Å². The van der Waals surface area contributed by atoms with Gasteiger partial charge in [-0.05, 0) is 24.4 Å². The molecule has 6 nitrogen and oxygen atoms in total. The Bertz CT molecular complexity index is 910. The number of ether oxygens (including phenoxy) is 1. The molecule has 0 fully saturated rings. The number of hydrogen-bond donors (Lipinski definition) is 0. The van der Waals surface area contributed by atoms with Gasteiger partial charge in [0.1, 0.15) is 16.0 Å². The fourth-order valence-corrected chi connectivity index (χ4v) is 3.98. The first-order valence-corrected chi connectivity index (χ1v) is 8.77. The molecule has 3 aromatic rings. The number of aromatic nitrogens is 2. The van der Waals surface area contributed by atoms with Gasteiger partial charge >= 0.3 is 5.97 Å². The zero-order chi connectivity index (χ0) is 16.4. The Morgan fingerprint density at radius 2 is 2.30 bits per heavy atom. The molecule has 0 amide bonds. The van der Waals surface area contributed by atoms with Crippen LogP contribution >= 0.6 is 23.1 Å². The van der Waals surface area contributed by atoms with E-state index in [1.54, 1.807) is 10.6 Å². The number of furan rings is 1. The van der Waals surface area contributed by atoms with Crippen molar-refractivity contribution in [2.45, 2.75) is 24.4 Å². The van der Waals surface area contributed by atoms with Crippen molar-refractivity contribution < 1.29 is 13.9 Å². The van der Waals surface area contributed by atoms with Crippen LogP contribution in [0.3, 0.4) is 0 Å². The zero-order valence-corrected chi connectivity index (χ0v) is 14.2. The molecule has 0 aliphatic heterocycles. The van der Waals surface area contributed by atoms with Crippen LogP contribution in [-0.4, -0.2) is 22.6 Å². The largest absolute Gasteiger partial charge is 0.468 e. The van der Waals surface area contributed by atoms with Gasteiger partial charge < -0.3 is 9.15 Å². The van der Waals surface area contributed by atoms with Gasteiger partial charge in [-0.25, -0.2) is 9.78 Å². The number of fused-ring (bicyclic) bond motifs is 1. The van der Waals surface area contributed by atoms with Crippen LogP contribution in [0, 0.1) is 0 Å². The summed E-state index contributed by atoms with van der Waals surface area (Å²) in [6.07, 6.45) is 1.45. The van der Waals surface area contributed by atoms with Crippen LogP contribution in [0.1, 0.15) is 23.0 Å². The second-order valence-electron chi connectivity index (χ2n) is 4.62. The van der Waals surface area contributed by atoms with Crippen molar-refractivity contribution in [2.24, 2.45) is 0 Å². The van der Waals surface area contributed by atoms with Gasteiger partial charge in [0.15, 0.2) is 5.16 Å².